The molecule has 0 radical (unpaired) electrons. The standard InChI is InChI=1S/C20H24N4O3.CH2O2/c1-14-11-15(2)22-19(26)18(14)20(27)24-8-4-7-23(9-10-24)17(25)12-16-5-3-6-21-13-16;2-1-3/h3,5-6,11,13H,4,7-10,12H2,1-2H3,(H,22,26);1H,(H,2,3). The van der Waals surface area contributed by atoms with Crippen molar-refractivity contribution in [3.05, 3.63) is 63.3 Å². The third-order valence-electron chi connectivity index (χ3n) is 4.79. The zero-order chi connectivity index (χ0) is 22.1. The molecule has 160 valence electrons. The van der Waals surface area contributed by atoms with Crippen molar-refractivity contribution >= 4 is 18.3 Å². The molecule has 2 aromatic rings. The Balaban J connectivity index is 0.00000101. The van der Waals surface area contributed by atoms with Gasteiger partial charge < -0.3 is 19.9 Å². The van der Waals surface area contributed by atoms with Crippen LogP contribution in [-0.4, -0.2) is 69.3 Å². The van der Waals surface area contributed by atoms with Gasteiger partial charge >= 0.3 is 0 Å². The van der Waals surface area contributed by atoms with E-state index in [-0.39, 0.29) is 29.4 Å². The number of hydrogen-bond donors (Lipinski definition) is 2. The molecular weight excluding hydrogens is 388 g/mol. The molecule has 30 heavy (non-hydrogen) atoms. The van der Waals surface area contributed by atoms with Crippen LogP contribution in [0.3, 0.4) is 0 Å². The number of aryl methyl sites for hydroxylation is 2. The van der Waals surface area contributed by atoms with Crippen LogP contribution in [-0.2, 0) is 16.0 Å². The Hall–Kier alpha value is -3.49. The topological polar surface area (TPSA) is 124 Å². The highest BCUT2D eigenvalue weighted by Gasteiger charge is 2.25. The average Bonchev–Trinajstić information content (AvgIpc) is 2.95. The quantitative estimate of drug-likeness (QED) is 0.723. The first-order valence-electron chi connectivity index (χ1n) is 9.61. The number of aromatic amines is 1. The Kier molecular flexibility index (Phi) is 8.28. The summed E-state index contributed by atoms with van der Waals surface area (Å²) in [6, 6.07) is 5.49. The second-order valence-electron chi connectivity index (χ2n) is 7.01. The van der Waals surface area contributed by atoms with Crippen molar-refractivity contribution in [3.63, 3.8) is 0 Å². The maximum atomic E-state index is 12.9. The van der Waals surface area contributed by atoms with E-state index < -0.39 is 0 Å². The first-order chi connectivity index (χ1) is 14.4. The summed E-state index contributed by atoms with van der Waals surface area (Å²) in [7, 11) is 0. The van der Waals surface area contributed by atoms with Gasteiger partial charge in [-0.25, -0.2) is 0 Å². The van der Waals surface area contributed by atoms with E-state index in [1.807, 2.05) is 12.1 Å². The van der Waals surface area contributed by atoms with Gasteiger partial charge in [-0.3, -0.25) is 24.2 Å². The second kappa shape index (κ2) is 10.9. The van der Waals surface area contributed by atoms with E-state index in [4.69, 9.17) is 9.90 Å². The lowest BCUT2D eigenvalue weighted by molar-refractivity contribution is -0.130. The molecule has 2 N–H and O–H groups in total. The number of hydrogen-bond acceptors (Lipinski definition) is 5. The highest BCUT2D eigenvalue weighted by Crippen LogP contribution is 2.12. The summed E-state index contributed by atoms with van der Waals surface area (Å²) in [5.41, 5.74) is 2.12. The van der Waals surface area contributed by atoms with E-state index in [0.717, 1.165) is 11.3 Å². The van der Waals surface area contributed by atoms with Crippen molar-refractivity contribution in [2.75, 3.05) is 26.2 Å². The molecule has 9 heteroatoms. The molecular formula is C21H26N4O5. The Bertz CT molecular complexity index is 942. The lowest BCUT2D eigenvalue weighted by Crippen LogP contribution is -2.39. The van der Waals surface area contributed by atoms with Crippen LogP contribution in [0.25, 0.3) is 0 Å². The van der Waals surface area contributed by atoms with Crippen molar-refractivity contribution in [1.29, 1.82) is 0 Å². The molecule has 0 aliphatic carbocycles. The normalized spacial score (nSPS) is 13.7. The molecule has 0 aromatic carbocycles. The Morgan fingerprint density at radius 3 is 2.50 bits per heavy atom. The molecule has 0 bridgehead atoms. The van der Waals surface area contributed by atoms with Gasteiger partial charge in [0.05, 0.1) is 6.42 Å². The zero-order valence-corrected chi connectivity index (χ0v) is 17.1. The van der Waals surface area contributed by atoms with Crippen LogP contribution in [0.5, 0.6) is 0 Å². The molecule has 1 aliphatic heterocycles. The Labute approximate surface area is 174 Å². The van der Waals surface area contributed by atoms with E-state index in [1.165, 1.54) is 0 Å². The number of amides is 2. The second-order valence-corrected chi connectivity index (χ2v) is 7.01. The largest absolute Gasteiger partial charge is 0.483 e. The molecule has 3 heterocycles. The van der Waals surface area contributed by atoms with E-state index in [9.17, 15) is 14.4 Å². The van der Waals surface area contributed by atoms with E-state index >= 15 is 0 Å². The van der Waals surface area contributed by atoms with E-state index in [1.54, 1.807) is 42.1 Å². The number of rotatable bonds is 3. The van der Waals surface area contributed by atoms with Crippen LogP contribution in [0.1, 0.15) is 33.6 Å². The number of carbonyl (C=O) groups excluding carboxylic acids is 2. The van der Waals surface area contributed by atoms with Gasteiger partial charge in [0.1, 0.15) is 5.56 Å². The van der Waals surface area contributed by atoms with Crippen molar-refractivity contribution in [2.24, 2.45) is 0 Å². The fraction of sp³-hybridized carbons (Fsp3) is 0.381. The van der Waals surface area contributed by atoms with Crippen LogP contribution in [0.15, 0.2) is 35.4 Å². The van der Waals surface area contributed by atoms with Gasteiger partial charge in [0, 0.05) is 44.3 Å². The minimum Gasteiger partial charge on any atom is -0.483 e. The minimum absolute atomic E-state index is 0.0293. The number of carboxylic acid groups (broad SMARTS) is 1. The van der Waals surface area contributed by atoms with Gasteiger partial charge in [-0.15, -0.1) is 0 Å². The summed E-state index contributed by atoms with van der Waals surface area (Å²) >= 11 is 0. The van der Waals surface area contributed by atoms with Gasteiger partial charge in [0.2, 0.25) is 5.91 Å². The molecule has 0 atom stereocenters. The third-order valence-corrected chi connectivity index (χ3v) is 4.79. The molecule has 0 unspecified atom stereocenters. The van der Waals surface area contributed by atoms with Gasteiger partial charge in [-0.2, -0.15) is 0 Å². The minimum atomic E-state index is -0.355. The zero-order valence-electron chi connectivity index (χ0n) is 17.1. The highest BCUT2D eigenvalue weighted by molar-refractivity contribution is 5.95. The highest BCUT2D eigenvalue weighted by atomic mass is 16.3. The first-order valence-corrected chi connectivity index (χ1v) is 9.61. The third kappa shape index (κ3) is 6.00. The molecule has 2 amide bonds. The summed E-state index contributed by atoms with van der Waals surface area (Å²) < 4.78 is 0. The SMILES string of the molecule is Cc1cc(C)c(C(=O)N2CCCN(C(=O)Cc3cccnc3)CC2)c(=O)[nH]1.O=CO. The molecule has 1 aliphatic rings. The van der Waals surface area contributed by atoms with E-state index in [2.05, 4.69) is 9.97 Å². The van der Waals surface area contributed by atoms with Crippen molar-refractivity contribution < 1.29 is 19.5 Å². The molecule has 9 nitrogen and oxygen atoms in total. The number of aromatic nitrogens is 2. The summed E-state index contributed by atoms with van der Waals surface area (Å²) in [4.78, 5) is 56.2. The fourth-order valence-corrected chi connectivity index (χ4v) is 3.44. The molecule has 1 fully saturated rings. The van der Waals surface area contributed by atoms with Crippen LogP contribution < -0.4 is 5.56 Å². The van der Waals surface area contributed by atoms with Crippen LogP contribution in [0, 0.1) is 13.8 Å². The number of H-pyrrole nitrogens is 1. The van der Waals surface area contributed by atoms with Crippen molar-refractivity contribution in [3.8, 4) is 0 Å². The first kappa shape index (κ1) is 22.8. The van der Waals surface area contributed by atoms with Gasteiger partial charge in [-0.1, -0.05) is 6.07 Å². The van der Waals surface area contributed by atoms with Gasteiger partial charge in [0.15, 0.2) is 0 Å². The van der Waals surface area contributed by atoms with Crippen LogP contribution >= 0.6 is 0 Å². The average molecular weight is 414 g/mol. The van der Waals surface area contributed by atoms with Crippen molar-refractivity contribution in [1.82, 2.24) is 19.8 Å². The lowest BCUT2D eigenvalue weighted by atomic mass is 10.1. The number of carbonyl (C=O) groups is 3. The predicted octanol–water partition coefficient (Wildman–Crippen LogP) is 1.00. The van der Waals surface area contributed by atoms with Crippen molar-refractivity contribution in [2.45, 2.75) is 26.7 Å². The summed E-state index contributed by atoms with van der Waals surface area (Å²) in [5.74, 6) is -0.239. The summed E-state index contributed by atoms with van der Waals surface area (Å²) in [6.45, 7) is 5.34. The Morgan fingerprint density at radius 1 is 1.20 bits per heavy atom. The number of pyridine rings is 2. The summed E-state index contributed by atoms with van der Waals surface area (Å²) in [5, 5.41) is 6.89. The Morgan fingerprint density at radius 2 is 1.87 bits per heavy atom. The molecule has 3 rings (SSSR count). The molecule has 0 saturated carbocycles. The maximum Gasteiger partial charge on any atom is 0.290 e. The maximum absolute atomic E-state index is 12.9. The molecule has 2 aromatic heterocycles. The predicted molar refractivity (Wildman–Crippen MR) is 110 cm³/mol. The van der Waals surface area contributed by atoms with Crippen LogP contribution in [0.4, 0.5) is 0 Å². The smallest absolute Gasteiger partial charge is 0.290 e. The molecule has 1 saturated heterocycles. The van der Waals surface area contributed by atoms with Crippen LogP contribution in [0.2, 0.25) is 0 Å². The summed E-state index contributed by atoms with van der Waals surface area (Å²) in [6.07, 6.45) is 4.36. The number of nitrogens with zero attached hydrogens (tertiary/aromatic N) is 3. The monoisotopic (exact) mass is 414 g/mol. The molecule has 0 spiro atoms. The number of nitrogens with one attached hydrogen (secondary N) is 1. The van der Waals surface area contributed by atoms with Gasteiger partial charge in [0.25, 0.3) is 17.9 Å². The fourth-order valence-electron chi connectivity index (χ4n) is 3.44. The lowest BCUT2D eigenvalue weighted by Gasteiger charge is -2.22. The van der Waals surface area contributed by atoms with Gasteiger partial charge in [-0.05, 0) is 43.5 Å². The van der Waals surface area contributed by atoms with E-state index in [0.29, 0.717) is 44.6 Å².